The molecule has 0 bridgehead atoms. The summed E-state index contributed by atoms with van der Waals surface area (Å²) >= 11 is 0. The summed E-state index contributed by atoms with van der Waals surface area (Å²) in [6.45, 7) is 8.75. The second-order valence-corrected chi connectivity index (χ2v) is 7.01. The number of likely N-dealkylation sites (tertiary alicyclic amines) is 1. The van der Waals surface area contributed by atoms with Crippen LogP contribution in [-0.4, -0.2) is 49.2 Å². The van der Waals surface area contributed by atoms with Gasteiger partial charge in [0.2, 0.25) is 0 Å². The fraction of sp³-hybridized carbons (Fsp3) is 0.611. The molecule has 1 aromatic rings. The van der Waals surface area contributed by atoms with Crippen LogP contribution in [0.3, 0.4) is 0 Å². The molecule has 0 saturated carbocycles. The van der Waals surface area contributed by atoms with E-state index in [0.29, 0.717) is 25.7 Å². The van der Waals surface area contributed by atoms with Crippen LogP contribution in [0.5, 0.6) is 11.5 Å². The van der Waals surface area contributed by atoms with Gasteiger partial charge < -0.3 is 20.5 Å². The van der Waals surface area contributed by atoms with Gasteiger partial charge in [0.05, 0.1) is 19.8 Å². The Bertz CT molecular complexity index is 601. The third kappa shape index (κ3) is 4.12. The molecule has 132 valence electrons. The lowest BCUT2D eigenvalue weighted by Gasteiger charge is -2.30. The highest BCUT2D eigenvalue weighted by Gasteiger charge is 2.30. The van der Waals surface area contributed by atoms with Crippen molar-refractivity contribution in [2.75, 3.05) is 38.2 Å². The standard InChI is InChI=1S/C18H28N4O2/c1-18(2)7-3-9-22(18)10-8-20-17(19)21-14-5-6-15-16(13-14)24-12-4-11-23-15/h5-6,13H,3-4,7-12H2,1-2H3,(H3,19,20,21). The molecule has 6 nitrogen and oxygen atoms in total. The molecule has 0 radical (unpaired) electrons. The fourth-order valence-electron chi connectivity index (χ4n) is 3.30. The number of benzene rings is 1. The minimum atomic E-state index is 0.284. The predicted molar refractivity (Wildman–Crippen MR) is 97.0 cm³/mol. The van der Waals surface area contributed by atoms with Crippen LogP contribution in [-0.2, 0) is 0 Å². The number of guanidine groups is 1. The van der Waals surface area contributed by atoms with Gasteiger partial charge in [-0.3, -0.25) is 9.89 Å². The monoisotopic (exact) mass is 332 g/mol. The molecule has 2 heterocycles. The molecule has 0 atom stereocenters. The van der Waals surface area contributed by atoms with Crippen LogP contribution in [0, 0.1) is 0 Å². The van der Waals surface area contributed by atoms with E-state index in [4.69, 9.17) is 15.2 Å². The van der Waals surface area contributed by atoms with Crippen molar-refractivity contribution in [1.29, 1.82) is 0 Å². The van der Waals surface area contributed by atoms with Gasteiger partial charge in [0.25, 0.3) is 0 Å². The zero-order valence-electron chi connectivity index (χ0n) is 14.7. The number of nitrogens with two attached hydrogens (primary N) is 1. The lowest BCUT2D eigenvalue weighted by molar-refractivity contribution is 0.180. The van der Waals surface area contributed by atoms with Crippen molar-refractivity contribution in [3.63, 3.8) is 0 Å². The number of anilines is 1. The van der Waals surface area contributed by atoms with Crippen LogP contribution in [0.4, 0.5) is 5.69 Å². The number of nitrogens with one attached hydrogen (secondary N) is 1. The van der Waals surface area contributed by atoms with E-state index in [2.05, 4.69) is 29.1 Å². The number of hydrogen-bond acceptors (Lipinski definition) is 4. The van der Waals surface area contributed by atoms with Gasteiger partial charge >= 0.3 is 0 Å². The zero-order chi connectivity index (χ0) is 17.0. The third-order valence-electron chi connectivity index (χ3n) is 4.74. The van der Waals surface area contributed by atoms with Crippen LogP contribution in [0.2, 0.25) is 0 Å². The molecule has 1 saturated heterocycles. The maximum atomic E-state index is 6.01. The highest BCUT2D eigenvalue weighted by molar-refractivity contribution is 5.92. The molecule has 3 N–H and O–H groups in total. The van der Waals surface area contributed by atoms with Crippen molar-refractivity contribution in [3.05, 3.63) is 18.2 Å². The minimum Gasteiger partial charge on any atom is -0.490 e. The first kappa shape index (κ1) is 16.9. The summed E-state index contributed by atoms with van der Waals surface area (Å²) in [5.41, 5.74) is 7.16. The first-order valence-corrected chi connectivity index (χ1v) is 8.76. The van der Waals surface area contributed by atoms with Crippen molar-refractivity contribution < 1.29 is 9.47 Å². The molecule has 0 spiro atoms. The van der Waals surface area contributed by atoms with Crippen molar-refractivity contribution in [2.45, 2.75) is 38.6 Å². The lowest BCUT2D eigenvalue weighted by Crippen LogP contribution is -2.40. The Labute approximate surface area is 144 Å². The molecule has 2 aliphatic heterocycles. The second-order valence-electron chi connectivity index (χ2n) is 7.01. The Hall–Kier alpha value is -1.95. The Balaban J connectivity index is 1.54. The van der Waals surface area contributed by atoms with Gasteiger partial charge in [0.1, 0.15) is 0 Å². The maximum absolute atomic E-state index is 6.01. The molecule has 0 amide bonds. The Morgan fingerprint density at radius 1 is 1.25 bits per heavy atom. The fourth-order valence-corrected chi connectivity index (χ4v) is 3.30. The number of aliphatic imine (C=N–C) groups is 1. The molecule has 1 aromatic carbocycles. The molecule has 0 aromatic heterocycles. The number of fused-ring (bicyclic) bond motifs is 1. The van der Waals surface area contributed by atoms with E-state index >= 15 is 0 Å². The van der Waals surface area contributed by atoms with E-state index in [1.807, 2.05) is 18.2 Å². The largest absolute Gasteiger partial charge is 0.490 e. The van der Waals surface area contributed by atoms with E-state index < -0.39 is 0 Å². The minimum absolute atomic E-state index is 0.284. The number of rotatable bonds is 4. The summed E-state index contributed by atoms with van der Waals surface area (Å²) in [4.78, 5) is 6.93. The Kier molecular flexibility index (Phi) is 5.14. The number of hydrogen-bond donors (Lipinski definition) is 2. The highest BCUT2D eigenvalue weighted by atomic mass is 16.5. The first-order chi connectivity index (χ1) is 11.5. The van der Waals surface area contributed by atoms with Gasteiger partial charge in [-0.05, 0) is 45.4 Å². The smallest absolute Gasteiger partial charge is 0.193 e. The summed E-state index contributed by atoms with van der Waals surface area (Å²) in [5, 5.41) is 3.13. The van der Waals surface area contributed by atoms with Crippen molar-refractivity contribution >= 4 is 11.6 Å². The molecule has 0 unspecified atom stereocenters. The molecule has 6 heteroatoms. The highest BCUT2D eigenvalue weighted by Crippen LogP contribution is 2.32. The predicted octanol–water partition coefficient (Wildman–Crippen LogP) is 2.45. The van der Waals surface area contributed by atoms with Crippen LogP contribution in [0.25, 0.3) is 0 Å². The third-order valence-corrected chi connectivity index (χ3v) is 4.74. The van der Waals surface area contributed by atoms with Crippen LogP contribution >= 0.6 is 0 Å². The van der Waals surface area contributed by atoms with E-state index in [9.17, 15) is 0 Å². The SMILES string of the molecule is CC1(C)CCCN1CCN=C(N)Nc1ccc2c(c1)OCCCO2. The van der Waals surface area contributed by atoms with Crippen LogP contribution in [0.1, 0.15) is 33.1 Å². The zero-order valence-corrected chi connectivity index (χ0v) is 14.7. The van der Waals surface area contributed by atoms with Gasteiger partial charge in [-0.2, -0.15) is 0 Å². The molecule has 1 fully saturated rings. The van der Waals surface area contributed by atoms with Gasteiger partial charge in [-0.25, -0.2) is 0 Å². The lowest BCUT2D eigenvalue weighted by atomic mass is 10.0. The molecular weight excluding hydrogens is 304 g/mol. The number of nitrogens with zero attached hydrogens (tertiary/aromatic N) is 2. The summed E-state index contributed by atoms with van der Waals surface area (Å²) in [5.74, 6) is 1.97. The molecule has 2 aliphatic rings. The quantitative estimate of drug-likeness (QED) is 0.654. The van der Waals surface area contributed by atoms with Gasteiger partial charge in [-0.15, -0.1) is 0 Å². The normalized spacial score (nSPS) is 20.7. The average molecular weight is 332 g/mol. The van der Waals surface area contributed by atoms with Crippen LogP contribution in [0.15, 0.2) is 23.2 Å². The first-order valence-electron chi connectivity index (χ1n) is 8.76. The van der Waals surface area contributed by atoms with E-state index in [-0.39, 0.29) is 5.54 Å². The second kappa shape index (κ2) is 7.30. The van der Waals surface area contributed by atoms with E-state index in [1.54, 1.807) is 0 Å². The van der Waals surface area contributed by atoms with Gasteiger partial charge in [-0.1, -0.05) is 0 Å². The summed E-state index contributed by atoms with van der Waals surface area (Å²) < 4.78 is 11.3. The van der Waals surface area contributed by atoms with Crippen molar-refractivity contribution in [1.82, 2.24) is 4.90 Å². The van der Waals surface area contributed by atoms with Crippen LogP contribution < -0.4 is 20.5 Å². The summed E-state index contributed by atoms with van der Waals surface area (Å²) in [6.07, 6.45) is 3.41. The number of ether oxygens (including phenoxy) is 2. The average Bonchev–Trinajstić information content (AvgIpc) is 2.74. The maximum Gasteiger partial charge on any atom is 0.193 e. The summed E-state index contributed by atoms with van der Waals surface area (Å²) in [6, 6.07) is 5.75. The van der Waals surface area contributed by atoms with E-state index in [1.165, 1.54) is 12.8 Å². The molecular formula is C18H28N4O2. The summed E-state index contributed by atoms with van der Waals surface area (Å²) in [7, 11) is 0. The van der Waals surface area contributed by atoms with Gasteiger partial charge in [0.15, 0.2) is 17.5 Å². The van der Waals surface area contributed by atoms with Gasteiger partial charge in [0, 0.05) is 30.3 Å². The van der Waals surface area contributed by atoms with E-state index in [0.717, 1.165) is 36.7 Å². The Morgan fingerprint density at radius 3 is 2.79 bits per heavy atom. The van der Waals surface area contributed by atoms with Crippen molar-refractivity contribution in [2.24, 2.45) is 10.7 Å². The molecule has 24 heavy (non-hydrogen) atoms. The topological polar surface area (TPSA) is 72.1 Å². The molecule has 0 aliphatic carbocycles. The van der Waals surface area contributed by atoms with Crippen molar-refractivity contribution in [3.8, 4) is 11.5 Å². The molecule has 3 rings (SSSR count). The Morgan fingerprint density at radius 2 is 2.04 bits per heavy atom.